The number of phenols is 1. The first-order valence-electron chi connectivity index (χ1n) is 19.1. The number of allylic oxidation sites excluding steroid dienone is 1. The SMILES string of the molecule is C=CCO[C@@]12Oc3ccc(O)cc3[C@H]3[C@H](CCCCO)[C@@H](CCCCO)C=C(C(=NOC4CCCCO4)C[C@@H]1N(CCOCCO)C(=O)OCCCl)[C@H]32. The summed E-state index contributed by atoms with van der Waals surface area (Å²) in [5.41, 5.74) is 2.31. The first-order valence-corrected chi connectivity index (χ1v) is 19.7. The molecule has 13 nitrogen and oxygen atoms in total. The van der Waals surface area contributed by atoms with Gasteiger partial charge in [-0.15, -0.1) is 18.2 Å². The number of nitrogens with zero attached hydrogens (tertiary/aromatic N) is 2. The molecule has 4 aliphatic rings. The minimum atomic E-state index is -1.49. The summed E-state index contributed by atoms with van der Waals surface area (Å²) in [6.45, 7) is 4.86. The van der Waals surface area contributed by atoms with E-state index in [9.17, 15) is 25.2 Å². The molecule has 0 radical (unpaired) electrons. The van der Waals surface area contributed by atoms with E-state index in [4.69, 9.17) is 45.3 Å². The zero-order valence-electron chi connectivity index (χ0n) is 30.6. The average Bonchev–Trinajstić information content (AvgIpc) is 3.17. The fraction of sp³-hybridized carbons (Fsp3) is 0.692. The number of unbranched alkanes of at least 4 members (excludes halogenated alkanes) is 2. The topological polar surface area (TPSA) is 169 Å². The van der Waals surface area contributed by atoms with Crippen LogP contribution in [0.4, 0.5) is 4.79 Å². The van der Waals surface area contributed by atoms with Gasteiger partial charge >= 0.3 is 6.09 Å². The highest BCUT2D eigenvalue weighted by atomic mass is 35.5. The lowest BCUT2D eigenvalue weighted by molar-refractivity contribution is -0.256. The summed E-state index contributed by atoms with van der Waals surface area (Å²) in [6.07, 6.45) is 9.95. The highest BCUT2D eigenvalue weighted by Crippen LogP contribution is 2.61. The van der Waals surface area contributed by atoms with Crippen molar-refractivity contribution in [1.82, 2.24) is 4.90 Å². The zero-order chi connectivity index (χ0) is 37.6. The van der Waals surface area contributed by atoms with Gasteiger partial charge in [-0.25, -0.2) is 4.79 Å². The Bertz CT molecular complexity index is 1390. The standard InChI is InChI=1S/C39H57ClN2O11/c1-2-19-51-39-34(42(15-22-48-23-18-45)38(47)50-21-14-40)26-32(41-53-35-11-5-8-20-49-35)30-24-27(9-3-6-16-43)29(10-4-7-17-44)36(37(30)39)31-25-28(46)12-13-33(31)52-39/h2,12-13,24-25,27,29,34-37,43-46H,1,3-11,14-23,26H2/t27-,29+,34-,35?,36+,37+,39+/m0/s1. The first-order chi connectivity index (χ1) is 25.9. The second kappa shape index (κ2) is 20.7. The summed E-state index contributed by atoms with van der Waals surface area (Å²) in [6, 6.07) is 4.26. The largest absolute Gasteiger partial charge is 0.508 e. The molecule has 5 rings (SSSR count). The fourth-order valence-corrected chi connectivity index (χ4v) is 8.56. The Morgan fingerprint density at radius 3 is 2.60 bits per heavy atom. The molecule has 1 saturated carbocycles. The Labute approximate surface area is 317 Å². The fourth-order valence-electron chi connectivity index (χ4n) is 8.49. The molecule has 14 heteroatoms. The number of carbonyl (C=O) groups is 1. The molecule has 2 fully saturated rings. The van der Waals surface area contributed by atoms with Crippen LogP contribution in [-0.4, -0.2) is 121 Å². The molecule has 1 saturated heterocycles. The summed E-state index contributed by atoms with van der Waals surface area (Å²) in [4.78, 5) is 21.7. The van der Waals surface area contributed by atoms with Crippen molar-refractivity contribution in [3.63, 3.8) is 0 Å². The predicted molar refractivity (Wildman–Crippen MR) is 198 cm³/mol. The maximum Gasteiger partial charge on any atom is 0.410 e. The quantitative estimate of drug-likeness (QED) is 0.0559. The molecule has 1 aromatic rings. The number of aromatic hydroxyl groups is 1. The molecular weight excluding hydrogens is 708 g/mol. The average molecular weight is 765 g/mol. The number of hydrogen-bond acceptors (Lipinski definition) is 12. The van der Waals surface area contributed by atoms with Crippen molar-refractivity contribution in [2.75, 3.05) is 65.3 Å². The van der Waals surface area contributed by atoms with E-state index in [-0.39, 0.29) is 88.6 Å². The van der Waals surface area contributed by atoms with Gasteiger partial charge in [-0.2, -0.15) is 0 Å². The number of halogens is 1. The Hall–Kier alpha value is -2.91. The van der Waals surface area contributed by atoms with Crippen molar-refractivity contribution in [2.45, 2.75) is 88.2 Å². The maximum absolute atomic E-state index is 14.1. The van der Waals surface area contributed by atoms with E-state index in [0.29, 0.717) is 37.3 Å². The third-order valence-electron chi connectivity index (χ3n) is 10.7. The van der Waals surface area contributed by atoms with Gasteiger partial charge in [0.05, 0.1) is 50.5 Å². The number of fused-ring (bicyclic) bond motifs is 2. The molecule has 0 aromatic heterocycles. The van der Waals surface area contributed by atoms with Gasteiger partial charge in [0, 0.05) is 44.1 Å². The highest BCUT2D eigenvalue weighted by molar-refractivity contribution is 6.18. The van der Waals surface area contributed by atoms with Crippen LogP contribution in [-0.2, 0) is 23.8 Å². The molecule has 2 aliphatic heterocycles. The van der Waals surface area contributed by atoms with E-state index in [2.05, 4.69) is 12.7 Å². The minimum Gasteiger partial charge on any atom is -0.508 e. The number of oxime groups is 1. The van der Waals surface area contributed by atoms with Crippen molar-refractivity contribution in [3.8, 4) is 11.5 Å². The molecule has 0 bridgehead atoms. The van der Waals surface area contributed by atoms with Crippen LogP contribution in [0.2, 0.25) is 0 Å². The van der Waals surface area contributed by atoms with Gasteiger partial charge in [0.1, 0.15) is 24.1 Å². The van der Waals surface area contributed by atoms with Gasteiger partial charge in [0.15, 0.2) is 0 Å². The number of carbonyl (C=O) groups excluding carboxylic acids is 1. The van der Waals surface area contributed by atoms with E-state index in [1.165, 1.54) is 0 Å². The predicted octanol–water partition coefficient (Wildman–Crippen LogP) is 5.24. The number of amides is 1. The van der Waals surface area contributed by atoms with Crippen molar-refractivity contribution >= 4 is 23.4 Å². The van der Waals surface area contributed by atoms with Crippen molar-refractivity contribution in [3.05, 3.63) is 48.1 Å². The van der Waals surface area contributed by atoms with E-state index in [1.807, 2.05) is 0 Å². The molecule has 1 aromatic carbocycles. The summed E-state index contributed by atoms with van der Waals surface area (Å²) in [5, 5.41) is 44.6. The van der Waals surface area contributed by atoms with Crippen LogP contribution in [0.25, 0.3) is 0 Å². The number of rotatable bonds is 21. The van der Waals surface area contributed by atoms with Crippen LogP contribution in [0.1, 0.15) is 75.7 Å². The van der Waals surface area contributed by atoms with Gasteiger partial charge in [0.2, 0.25) is 12.1 Å². The van der Waals surface area contributed by atoms with Crippen molar-refractivity contribution in [2.24, 2.45) is 22.9 Å². The third kappa shape index (κ3) is 9.86. The van der Waals surface area contributed by atoms with Gasteiger partial charge in [0.25, 0.3) is 0 Å². The van der Waals surface area contributed by atoms with Crippen LogP contribution >= 0.6 is 11.6 Å². The molecular formula is C39H57ClN2O11. The maximum atomic E-state index is 14.1. The van der Waals surface area contributed by atoms with Gasteiger partial charge in [-0.3, -0.25) is 4.90 Å². The van der Waals surface area contributed by atoms with E-state index in [1.54, 1.807) is 29.2 Å². The molecule has 4 N–H and O–H groups in total. The Kier molecular flexibility index (Phi) is 16.1. The smallest absolute Gasteiger partial charge is 0.410 e. The molecule has 1 amide bonds. The van der Waals surface area contributed by atoms with E-state index < -0.39 is 30.1 Å². The number of ether oxygens (including phenoxy) is 5. The lowest BCUT2D eigenvalue weighted by Crippen LogP contribution is -2.70. The van der Waals surface area contributed by atoms with Crippen molar-refractivity contribution < 1.29 is 53.7 Å². The van der Waals surface area contributed by atoms with E-state index in [0.717, 1.165) is 49.7 Å². The highest BCUT2D eigenvalue weighted by Gasteiger charge is 2.65. The molecule has 1 unspecified atom stereocenters. The lowest BCUT2D eigenvalue weighted by atomic mass is 9.55. The van der Waals surface area contributed by atoms with Gasteiger partial charge in [-0.05, 0) is 74.1 Å². The molecule has 2 aliphatic carbocycles. The number of aliphatic hydroxyl groups excluding tert-OH is 3. The van der Waals surface area contributed by atoms with Crippen LogP contribution in [0.15, 0.2) is 47.7 Å². The number of hydrogen-bond donors (Lipinski definition) is 4. The number of aliphatic hydroxyl groups is 3. The molecule has 53 heavy (non-hydrogen) atoms. The minimum absolute atomic E-state index is 0.0114. The first kappa shape index (κ1) is 41.3. The van der Waals surface area contributed by atoms with Crippen LogP contribution in [0.5, 0.6) is 11.5 Å². The summed E-state index contributed by atoms with van der Waals surface area (Å²) >= 11 is 5.97. The number of alkyl halides is 1. The second-order valence-corrected chi connectivity index (χ2v) is 14.4. The molecule has 0 spiro atoms. The Morgan fingerprint density at radius 2 is 1.89 bits per heavy atom. The van der Waals surface area contributed by atoms with Crippen LogP contribution in [0.3, 0.4) is 0 Å². The normalized spacial score (nSPS) is 28.3. The zero-order valence-corrected chi connectivity index (χ0v) is 31.4. The van der Waals surface area contributed by atoms with Gasteiger partial charge < -0.3 is 48.9 Å². The number of benzene rings is 1. The van der Waals surface area contributed by atoms with Gasteiger partial charge in [-0.1, -0.05) is 30.1 Å². The van der Waals surface area contributed by atoms with Crippen molar-refractivity contribution in [1.29, 1.82) is 0 Å². The lowest BCUT2D eigenvalue weighted by Gasteiger charge is -2.59. The Morgan fingerprint density at radius 1 is 1.08 bits per heavy atom. The summed E-state index contributed by atoms with van der Waals surface area (Å²) in [5.74, 6) is -1.53. The van der Waals surface area contributed by atoms with E-state index >= 15 is 0 Å². The molecule has 296 valence electrons. The van der Waals surface area contributed by atoms with Crippen LogP contribution in [0, 0.1) is 17.8 Å². The molecule has 7 atom stereocenters. The summed E-state index contributed by atoms with van der Waals surface area (Å²) in [7, 11) is 0. The third-order valence-corrected chi connectivity index (χ3v) is 10.9. The summed E-state index contributed by atoms with van der Waals surface area (Å²) < 4.78 is 31.2. The number of phenolic OH excluding ortho intramolecular Hbond substituents is 1. The second-order valence-electron chi connectivity index (χ2n) is 14.0. The monoisotopic (exact) mass is 764 g/mol. The molecule has 2 heterocycles. The van der Waals surface area contributed by atoms with Crippen LogP contribution < -0.4 is 4.74 Å². The Balaban J connectivity index is 1.73.